The molecule has 0 spiro atoms. The molecule has 11 heteroatoms. The van der Waals surface area contributed by atoms with Crippen molar-refractivity contribution in [3.8, 4) is 5.75 Å². The molecular formula is C25H33N5O6. The molecule has 0 unspecified atom stereocenters. The summed E-state index contributed by atoms with van der Waals surface area (Å²) in [5.74, 6) is -1.43. The lowest BCUT2D eigenvalue weighted by Crippen LogP contribution is -2.53. The van der Waals surface area contributed by atoms with E-state index in [-0.39, 0.29) is 43.0 Å². The highest BCUT2D eigenvalue weighted by molar-refractivity contribution is 6.01. The third-order valence-corrected chi connectivity index (χ3v) is 6.83. The van der Waals surface area contributed by atoms with Crippen LogP contribution in [0, 0.1) is 0 Å². The first kappa shape index (κ1) is 25.5. The SMILES string of the molecule is C[C@@H]1NC(=O)C[C@@H](C(=O)NCCN2CCCC2=O)NC(=O)c2ccccc2OC[C@H]2CCCN2C1=O. The Morgan fingerprint density at radius 1 is 1.11 bits per heavy atom. The van der Waals surface area contributed by atoms with Crippen LogP contribution in [-0.4, -0.2) is 90.2 Å². The number of amides is 5. The maximum absolute atomic E-state index is 13.1. The molecule has 194 valence electrons. The van der Waals surface area contributed by atoms with E-state index >= 15 is 0 Å². The van der Waals surface area contributed by atoms with Gasteiger partial charge in [-0.25, -0.2) is 0 Å². The topological polar surface area (TPSA) is 137 Å². The number of hydrogen-bond donors (Lipinski definition) is 3. The van der Waals surface area contributed by atoms with E-state index in [0.717, 1.165) is 19.3 Å². The van der Waals surface area contributed by atoms with Gasteiger partial charge in [-0.2, -0.15) is 0 Å². The van der Waals surface area contributed by atoms with Gasteiger partial charge >= 0.3 is 0 Å². The lowest BCUT2D eigenvalue weighted by molar-refractivity contribution is -0.137. The van der Waals surface area contributed by atoms with Crippen molar-refractivity contribution in [2.45, 2.75) is 57.2 Å². The van der Waals surface area contributed by atoms with Crippen LogP contribution in [0.15, 0.2) is 24.3 Å². The van der Waals surface area contributed by atoms with Crippen molar-refractivity contribution in [2.75, 3.05) is 32.8 Å². The zero-order valence-electron chi connectivity index (χ0n) is 20.5. The Labute approximate surface area is 209 Å². The number of hydrogen-bond acceptors (Lipinski definition) is 6. The molecule has 3 aliphatic rings. The highest BCUT2D eigenvalue weighted by Gasteiger charge is 2.34. The lowest BCUT2D eigenvalue weighted by atomic mass is 10.1. The zero-order chi connectivity index (χ0) is 25.7. The third-order valence-electron chi connectivity index (χ3n) is 6.83. The predicted octanol–water partition coefficient (Wildman–Crippen LogP) is -0.198. The van der Waals surface area contributed by atoms with Crippen molar-refractivity contribution >= 4 is 29.5 Å². The number of likely N-dealkylation sites (tertiary alicyclic amines) is 1. The minimum absolute atomic E-state index is 0.0467. The molecule has 0 aromatic heterocycles. The summed E-state index contributed by atoms with van der Waals surface area (Å²) in [4.78, 5) is 67.1. The van der Waals surface area contributed by atoms with Crippen LogP contribution in [0.3, 0.4) is 0 Å². The summed E-state index contributed by atoms with van der Waals surface area (Å²) >= 11 is 0. The van der Waals surface area contributed by atoms with Crippen LogP contribution in [0.25, 0.3) is 0 Å². The first-order valence-electron chi connectivity index (χ1n) is 12.5. The second-order valence-corrected chi connectivity index (χ2v) is 9.43. The van der Waals surface area contributed by atoms with Crippen LogP contribution in [0.5, 0.6) is 5.75 Å². The van der Waals surface area contributed by atoms with Gasteiger partial charge in [0.25, 0.3) is 5.91 Å². The van der Waals surface area contributed by atoms with E-state index < -0.39 is 29.8 Å². The Morgan fingerprint density at radius 3 is 2.69 bits per heavy atom. The maximum atomic E-state index is 13.1. The Balaban J connectivity index is 1.51. The first-order valence-corrected chi connectivity index (χ1v) is 12.5. The van der Waals surface area contributed by atoms with Gasteiger partial charge in [0, 0.05) is 32.6 Å². The highest BCUT2D eigenvalue weighted by atomic mass is 16.5. The number of carbonyl (C=O) groups excluding carboxylic acids is 5. The van der Waals surface area contributed by atoms with Crippen LogP contribution >= 0.6 is 0 Å². The lowest BCUT2D eigenvalue weighted by Gasteiger charge is -2.29. The molecule has 0 radical (unpaired) electrons. The van der Waals surface area contributed by atoms with Gasteiger partial charge < -0.3 is 30.5 Å². The molecular weight excluding hydrogens is 466 g/mol. The van der Waals surface area contributed by atoms with Gasteiger partial charge in [0.2, 0.25) is 23.6 Å². The van der Waals surface area contributed by atoms with Crippen LogP contribution in [0.2, 0.25) is 0 Å². The van der Waals surface area contributed by atoms with E-state index in [4.69, 9.17) is 4.74 Å². The molecule has 0 aliphatic carbocycles. The van der Waals surface area contributed by atoms with Crippen molar-refractivity contribution in [1.82, 2.24) is 25.8 Å². The van der Waals surface area contributed by atoms with Crippen molar-refractivity contribution in [3.63, 3.8) is 0 Å². The monoisotopic (exact) mass is 499 g/mol. The Hall–Kier alpha value is -3.63. The van der Waals surface area contributed by atoms with E-state index in [2.05, 4.69) is 16.0 Å². The summed E-state index contributed by atoms with van der Waals surface area (Å²) < 4.78 is 5.97. The van der Waals surface area contributed by atoms with Gasteiger partial charge in [-0.1, -0.05) is 12.1 Å². The number of para-hydroxylation sites is 1. The smallest absolute Gasteiger partial charge is 0.255 e. The number of carbonyl (C=O) groups is 5. The Morgan fingerprint density at radius 2 is 1.92 bits per heavy atom. The minimum atomic E-state index is -1.18. The fourth-order valence-electron chi connectivity index (χ4n) is 4.88. The summed E-state index contributed by atoms with van der Waals surface area (Å²) in [5, 5.41) is 8.03. The molecule has 3 aliphatic heterocycles. The van der Waals surface area contributed by atoms with Gasteiger partial charge in [0.05, 0.1) is 18.0 Å². The molecule has 0 bridgehead atoms. The summed E-state index contributed by atoms with van der Waals surface area (Å²) in [6, 6.07) is 4.57. The van der Waals surface area contributed by atoms with Crippen molar-refractivity contribution in [3.05, 3.63) is 29.8 Å². The average molecular weight is 500 g/mol. The summed E-state index contributed by atoms with van der Waals surface area (Å²) in [6.07, 6.45) is 2.55. The third kappa shape index (κ3) is 5.95. The van der Waals surface area contributed by atoms with E-state index in [1.165, 1.54) is 0 Å². The predicted molar refractivity (Wildman–Crippen MR) is 129 cm³/mol. The van der Waals surface area contributed by atoms with E-state index in [1.54, 1.807) is 41.0 Å². The number of fused-ring (bicyclic) bond motifs is 2. The number of nitrogens with zero attached hydrogens (tertiary/aromatic N) is 2. The van der Waals surface area contributed by atoms with E-state index in [1.807, 2.05) is 0 Å². The van der Waals surface area contributed by atoms with Crippen molar-refractivity contribution < 1.29 is 28.7 Å². The molecule has 3 atom stereocenters. The summed E-state index contributed by atoms with van der Waals surface area (Å²) in [6.45, 7) is 3.60. The number of nitrogens with one attached hydrogen (secondary N) is 3. The fourth-order valence-corrected chi connectivity index (χ4v) is 4.88. The quantitative estimate of drug-likeness (QED) is 0.525. The van der Waals surface area contributed by atoms with Crippen LogP contribution in [0.1, 0.15) is 49.4 Å². The molecule has 0 saturated carbocycles. The maximum Gasteiger partial charge on any atom is 0.255 e. The molecule has 5 amide bonds. The first-order chi connectivity index (χ1) is 17.3. The summed E-state index contributed by atoms with van der Waals surface area (Å²) in [5.41, 5.74) is 0.236. The van der Waals surface area contributed by atoms with Crippen molar-refractivity contribution in [1.29, 1.82) is 0 Å². The molecule has 3 heterocycles. The fraction of sp³-hybridized carbons (Fsp3) is 0.560. The summed E-state index contributed by atoms with van der Waals surface area (Å²) in [7, 11) is 0. The Kier molecular flexibility index (Phi) is 8.07. The van der Waals surface area contributed by atoms with Gasteiger partial charge in [-0.15, -0.1) is 0 Å². The number of rotatable bonds is 4. The Bertz CT molecular complexity index is 1030. The largest absolute Gasteiger partial charge is 0.491 e. The zero-order valence-corrected chi connectivity index (χ0v) is 20.5. The second-order valence-electron chi connectivity index (χ2n) is 9.43. The number of benzene rings is 1. The normalized spacial score (nSPS) is 25.3. The molecule has 11 nitrogen and oxygen atoms in total. The molecule has 2 fully saturated rings. The molecule has 4 rings (SSSR count). The van der Waals surface area contributed by atoms with Crippen molar-refractivity contribution in [2.24, 2.45) is 0 Å². The van der Waals surface area contributed by atoms with E-state index in [9.17, 15) is 24.0 Å². The van der Waals surface area contributed by atoms with Crippen LogP contribution in [0.4, 0.5) is 0 Å². The molecule has 1 aromatic rings. The van der Waals surface area contributed by atoms with Gasteiger partial charge in [0.15, 0.2) is 0 Å². The van der Waals surface area contributed by atoms with Gasteiger partial charge in [-0.3, -0.25) is 24.0 Å². The van der Waals surface area contributed by atoms with Gasteiger partial charge in [0.1, 0.15) is 24.4 Å². The van der Waals surface area contributed by atoms with Crippen LogP contribution in [-0.2, 0) is 19.2 Å². The molecule has 3 N–H and O–H groups in total. The van der Waals surface area contributed by atoms with Gasteiger partial charge in [-0.05, 0) is 38.3 Å². The molecule has 2 saturated heterocycles. The highest BCUT2D eigenvalue weighted by Crippen LogP contribution is 2.23. The molecule has 1 aromatic carbocycles. The average Bonchev–Trinajstić information content (AvgIpc) is 3.50. The van der Waals surface area contributed by atoms with E-state index in [0.29, 0.717) is 31.8 Å². The standard InChI is InChI=1S/C25H33N5O6/c1-16-25(35)30-12-4-6-17(30)15-36-20-8-3-2-7-18(20)23(33)28-19(14-21(31)27-16)24(34)26-10-13-29-11-5-9-22(29)32/h2-3,7-8,16-17,19H,4-6,9-15H2,1H3,(H,26,34)(H,27,31)(H,28,33)/t16-,17+,19-/m0/s1. The minimum Gasteiger partial charge on any atom is -0.491 e. The number of ether oxygens (including phenoxy) is 1. The van der Waals surface area contributed by atoms with Crippen LogP contribution < -0.4 is 20.7 Å². The molecule has 36 heavy (non-hydrogen) atoms. The second kappa shape index (κ2) is 11.4.